The summed E-state index contributed by atoms with van der Waals surface area (Å²) in [7, 11) is 0. The molecule has 0 aliphatic heterocycles. The maximum atomic E-state index is 13.6. The highest BCUT2D eigenvalue weighted by molar-refractivity contribution is 9.10. The van der Waals surface area contributed by atoms with E-state index in [0.29, 0.717) is 15.6 Å². The van der Waals surface area contributed by atoms with Gasteiger partial charge < -0.3 is 10.4 Å². The van der Waals surface area contributed by atoms with Gasteiger partial charge in [0.15, 0.2) is 0 Å². The molecule has 1 unspecified atom stereocenters. The second-order valence-electron chi connectivity index (χ2n) is 4.31. The molecule has 0 aromatic heterocycles. The van der Waals surface area contributed by atoms with E-state index in [1.807, 2.05) is 0 Å². The molecule has 0 heterocycles. The van der Waals surface area contributed by atoms with E-state index < -0.39 is 17.7 Å². The molecule has 0 amide bonds. The van der Waals surface area contributed by atoms with Crippen LogP contribution in [0.15, 0.2) is 34.8 Å². The second-order valence-corrected chi connectivity index (χ2v) is 6.00. The van der Waals surface area contributed by atoms with Gasteiger partial charge in [-0.3, -0.25) is 0 Å². The Labute approximate surface area is 138 Å². The zero-order valence-electron chi connectivity index (χ0n) is 10.5. The van der Waals surface area contributed by atoms with E-state index in [2.05, 4.69) is 21.2 Å². The van der Waals surface area contributed by atoms with E-state index in [9.17, 15) is 13.9 Å². The highest BCUT2D eigenvalue weighted by Gasteiger charge is 2.15. The Morgan fingerprint density at radius 1 is 1.19 bits per heavy atom. The van der Waals surface area contributed by atoms with Gasteiger partial charge in [-0.15, -0.1) is 0 Å². The Bertz CT molecular complexity index is 646. The molecule has 0 fully saturated rings. The van der Waals surface area contributed by atoms with Gasteiger partial charge in [-0.2, -0.15) is 0 Å². The zero-order valence-corrected chi connectivity index (χ0v) is 13.6. The Balaban J connectivity index is 2.15. The fourth-order valence-electron chi connectivity index (χ4n) is 1.79. The number of hydrogen-bond donors (Lipinski definition) is 2. The second kappa shape index (κ2) is 6.92. The first-order chi connectivity index (χ1) is 9.88. The van der Waals surface area contributed by atoms with Crippen molar-refractivity contribution in [3.63, 3.8) is 0 Å². The van der Waals surface area contributed by atoms with Crippen molar-refractivity contribution < 1.29 is 13.9 Å². The minimum absolute atomic E-state index is 0.0127. The highest BCUT2D eigenvalue weighted by atomic mass is 79.9. The third-order valence-electron chi connectivity index (χ3n) is 2.80. The van der Waals surface area contributed by atoms with Crippen LogP contribution in [0.2, 0.25) is 10.0 Å². The van der Waals surface area contributed by atoms with Gasteiger partial charge in [-0.25, -0.2) is 8.78 Å². The van der Waals surface area contributed by atoms with Crippen molar-refractivity contribution in [1.82, 2.24) is 0 Å². The van der Waals surface area contributed by atoms with Crippen LogP contribution in [0.25, 0.3) is 0 Å². The Morgan fingerprint density at radius 2 is 1.90 bits per heavy atom. The van der Waals surface area contributed by atoms with Crippen LogP contribution >= 0.6 is 39.1 Å². The number of nitrogens with one attached hydrogen (secondary N) is 1. The summed E-state index contributed by atoms with van der Waals surface area (Å²) in [5.41, 5.74) is 0.490. The van der Waals surface area contributed by atoms with Crippen LogP contribution in [-0.4, -0.2) is 11.7 Å². The van der Waals surface area contributed by atoms with Crippen molar-refractivity contribution in [2.24, 2.45) is 0 Å². The topological polar surface area (TPSA) is 32.3 Å². The van der Waals surface area contributed by atoms with Crippen LogP contribution in [-0.2, 0) is 0 Å². The number of hydrogen-bond acceptors (Lipinski definition) is 2. The fourth-order valence-corrected chi connectivity index (χ4v) is 2.76. The average Bonchev–Trinajstić information content (AvgIpc) is 2.40. The summed E-state index contributed by atoms with van der Waals surface area (Å²) in [5, 5.41) is 13.6. The molecule has 1 atom stereocenters. The van der Waals surface area contributed by atoms with Crippen molar-refractivity contribution in [2.75, 3.05) is 11.9 Å². The van der Waals surface area contributed by atoms with Crippen LogP contribution in [0.5, 0.6) is 0 Å². The minimum Gasteiger partial charge on any atom is -0.387 e. The van der Waals surface area contributed by atoms with Gasteiger partial charge in [0, 0.05) is 32.7 Å². The van der Waals surface area contributed by atoms with Crippen molar-refractivity contribution in [2.45, 2.75) is 6.10 Å². The molecule has 7 heteroatoms. The van der Waals surface area contributed by atoms with Crippen molar-refractivity contribution in [3.05, 3.63) is 62.0 Å². The number of benzene rings is 2. The highest BCUT2D eigenvalue weighted by Crippen LogP contribution is 2.29. The van der Waals surface area contributed by atoms with Gasteiger partial charge >= 0.3 is 0 Å². The van der Waals surface area contributed by atoms with Gasteiger partial charge in [0.2, 0.25) is 0 Å². The lowest BCUT2D eigenvalue weighted by Crippen LogP contribution is -2.14. The van der Waals surface area contributed by atoms with E-state index in [1.54, 1.807) is 12.1 Å². The molecule has 0 saturated heterocycles. The summed E-state index contributed by atoms with van der Waals surface area (Å²) in [6, 6.07) is 6.59. The molecule has 0 aliphatic rings. The monoisotopic (exact) mass is 395 g/mol. The fraction of sp³-hybridized carbons (Fsp3) is 0.143. The van der Waals surface area contributed by atoms with Crippen LogP contribution < -0.4 is 5.32 Å². The molecule has 0 saturated carbocycles. The molecule has 0 radical (unpaired) electrons. The third-order valence-corrected chi connectivity index (χ3v) is 4.00. The molecular weight excluding hydrogens is 387 g/mol. The largest absolute Gasteiger partial charge is 0.387 e. The van der Waals surface area contributed by atoms with Gasteiger partial charge in [0.1, 0.15) is 11.6 Å². The molecule has 2 nitrogen and oxygen atoms in total. The molecule has 0 bridgehead atoms. The molecule has 21 heavy (non-hydrogen) atoms. The first-order valence-electron chi connectivity index (χ1n) is 5.90. The van der Waals surface area contributed by atoms with Crippen LogP contribution in [0.3, 0.4) is 0 Å². The van der Waals surface area contributed by atoms with Gasteiger partial charge in [-0.05, 0) is 40.2 Å². The summed E-state index contributed by atoms with van der Waals surface area (Å²) in [6.45, 7) is -0.0127. The summed E-state index contributed by atoms with van der Waals surface area (Å²) < 4.78 is 26.9. The van der Waals surface area contributed by atoms with E-state index in [4.69, 9.17) is 23.2 Å². The number of rotatable bonds is 4. The van der Waals surface area contributed by atoms with Gasteiger partial charge in [0.05, 0.1) is 11.8 Å². The third kappa shape index (κ3) is 4.07. The van der Waals surface area contributed by atoms with Crippen molar-refractivity contribution in [3.8, 4) is 0 Å². The summed E-state index contributed by atoms with van der Waals surface area (Å²) in [5.74, 6) is -1.45. The number of aliphatic hydroxyl groups is 1. The van der Waals surface area contributed by atoms with E-state index >= 15 is 0 Å². The predicted octanol–water partition coefficient (Wildman–Crippen LogP) is 5.18. The normalized spacial score (nSPS) is 12.3. The Hall–Kier alpha value is -0.880. The lowest BCUT2D eigenvalue weighted by molar-refractivity contribution is 0.191. The van der Waals surface area contributed by atoms with Crippen LogP contribution in [0.1, 0.15) is 11.7 Å². The standard InChI is InChI=1S/C14H10BrCl2F2NO/c15-10-4-8(18)5-12(19)14(10)20-6-13(21)9-3-7(16)1-2-11(9)17/h1-5,13,20-21H,6H2. The number of anilines is 1. The molecular formula is C14H10BrCl2F2NO. The van der Waals surface area contributed by atoms with E-state index in [-0.39, 0.29) is 16.7 Å². The molecule has 2 rings (SSSR count). The lowest BCUT2D eigenvalue weighted by Gasteiger charge is -2.16. The van der Waals surface area contributed by atoms with E-state index in [0.717, 1.165) is 12.1 Å². The lowest BCUT2D eigenvalue weighted by atomic mass is 10.1. The predicted molar refractivity (Wildman–Crippen MR) is 84.0 cm³/mol. The quantitative estimate of drug-likeness (QED) is 0.746. The summed E-state index contributed by atoms with van der Waals surface area (Å²) >= 11 is 14.9. The average molecular weight is 397 g/mol. The van der Waals surface area contributed by atoms with Crippen molar-refractivity contribution in [1.29, 1.82) is 0 Å². The van der Waals surface area contributed by atoms with Crippen LogP contribution in [0.4, 0.5) is 14.5 Å². The SMILES string of the molecule is OC(CNc1c(F)cc(F)cc1Br)c1cc(Cl)ccc1Cl. The molecule has 0 aliphatic carbocycles. The summed E-state index contributed by atoms with van der Waals surface area (Å²) in [4.78, 5) is 0. The maximum Gasteiger partial charge on any atom is 0.150 e. The molecule has 2 aromatic rings. The summed E-state index contributed by atoms with van der Waals surface area (Å²) in [6.07, 6.45) is -0.993. The maximum absolute atomic E-state index is 13.6. The minimum atomic E-state index is -0.993. The van der Waals surface area contributed by atoms with Gasteiger partial charge in [0.25, 0.3) is 0 Å². The van der Waals surface area contributed by atoms with Crippen molar-refractivity contribution >= 4 is 44.8 Å². The molecule has 2 aromatic carbocycles. The first-order valence-corrected chi connectivity index (χ1v) is 7.45. The van der Waals surface area contributed by atoms with Gasteiger partial charge in [-0.1, -0.05) is 23.2 Å². The first kappa shape index (κ1) is 16.5. The molecule has 0 spiro atoms. The van der Waals surface area contributed by atoms with Crippen LogP contribution in [0, 0.1) is 11.6 Å². The molecule has 2 N–H and O–H groups in total. The zero-order chi connectivity index (χ0) is 15.6. The number of halogens is 5. The number of aliphatic hydroxyl groups excluding tert-OH is 1. The Kier molecular flexibility index (Phi) is 5.43. The molecule has 112 valence electrons. The Morgan fingerprint density at radius 3 is 2.57 bits per heavy atom. The van der Waals surface area contributed by atoms with E-state index in [1.165, 1.54) is 6.07 Å². The smallest absolute Gasteiger partial charge is 0.150 e.